The molecule has 3 rings (SSSR count). The summed E-state index contributed by atoms with van der Waals surface area (Å²) in [6, 6.07) is 0. The number of hydrogen-bond donors (Lipinski definition) is 1. The van der Waals surface area contributed by atoms with Gasteiger partial charge in [0.15, 0.2) is 0 Å². The predicted octanol–water partition coefficient (Wildman–Crippen LogP) is 1.66. The highest BCUT2D eigenvalue weighted by Crippen LogP contribution is 2.38. The quantitative estimate of drug-likeness (QED) is 0.907. The standard InChI is InChI=1S/C14H24N4O2/c1-2-11-3-5-14(15,6-4-11)12-16-13(17-20-12)18-7-9-19-10-8-18/h11H,2-10,15H2,1H3. The van der Waals surface area contributed by atoms with Gasteiger partial charge in [0, 0.05) is 13.1 Å². The highest BCUT2D eigenvalue weighted by molar-refractivity contribution is 5.29. The number of hydrogen-bond acceptors (Lipinski definition) is 6. The third-order valence-corrected chi connectivity index (χ3v) is 4.71. The van der Waals surface area contributed by atoms with Gasteiger partial charge in [0.2, 0.25) is 5.89 Å². The first-order chi connectivity index (χ1) is 9.71. The van der Waals surface area contributed by atoms with Crippen LogP contribution in [-0.2, 0) is 10.3 Å². The lowest BCUT2D eigenvalue weighted by Crippen LogP contribution is -2.41. The van der Waals surface area contributed by atoms with Gasteiger partial charge < -0.3 is 19.9 Å². The van der Waals surface area contributed by atoms with E-state index in [0.717, 1.165) is 57.9 Å². The lowest BCUT2D eigenvalue weighted by Gasteiger charge is -2.33. The van der Waals surface area contributed by atoms with Crippen molar-refractivity contribution in [3.05, 3.63) is 5.89 Å². The Morgan fingerprint density at radius 1 is 1.30 bits per heavy atom. The summed E-state index contributed by atoms with van der Waals surface area (Å²) in [5, 5.41) is 4.10. The molecule has 1 aromatic rings. The van der Waals surface area contributed by atoms with Gasteiger partial charge in [-0.1, -0.05) is 13.3 Å². The van der Waals surface area contributed by atoms with Gasteiger partial charge in [-0.25, -0.2) is 0 Å². The molecule has 0 bridgehead atoms. The Bertz CT molecular complexity index is 434. The largest absolute Gasteiger partial charge is 0.378 e. The van der Waals surface area contributed by atoms with Crippen LogP contribution in [0.4, 0.5) is 5.95 Å². The number of nitrogens with two attached hydrogens (primary N) is 1. The van der Waals surface area contributed by atoms with Crippen LogP contribution >= 0.6 is 0 Å². The van der Waals surface area contributed by atoms with Gasteiger partial charge in [-0.05, 0) is 36.8 Å². The third kappa shape index (κ3) is 2.67. The highest BCUT2D eigenvalue weighted by atomic mass is 16.5. The average Bonchev–Trinajstić information content (AvgIpc) is 3.00. The predicted molar refractivity (Wildman–Crippen MR) is 75.4 cm³/mol. The number of ether oxygens (including phenoxy) is 1. The van der Waals surface area contributed by atoms with Crippen molar-refractivity contribution in [2.75, 3.05) is 31.2 Å². The first kappa shape index (κ1) is 13.8. The van der Waals surface area contributed by atoms with Crippen LogP contribution in [0.2, 0.25) is 0 Å². The molecule has 2 aliphatic rings. The smallest absolute Gasteiger partial charge is 0.266 e. The number of nitrogens with zero attached hydrogens (tertiary/aromatic N) is 3. The topological polar surface area (TPSA) is 77.4 Å². The Morgan fingerprint density at radius 3 is 2.65 bits per heavy atom. The van der Waals surface area contributed by atoms with Crippen molar-refractivity contribution in [3.8, 4) is 0 Å². The molecule has 0 atom stereocenters. The molecule has 6 heteroatoms. The molecule has 1 aliphatic carbocycles. The lowest BCUT2D eigenvalue weighted by atomic mass is 9.76. The highest BCUT2D eigenvalue weighted by Gasteiger charge is 2.38. The van der Waals surface area contributed by atoms with E-state index in [4.69, 9.17) is 15.0 Å². The molecule has 1 aliphatic heterocycles. The summed E-state index contributed by atoms with van der Waals surface area (Å²) in [6.45, 7) is 5.31. The molecule has 112 valence electrons. The van der Waals surface area contributed by atoms with Crippen molar-refractivity contribution < 1.29 is 9.26 Å². The Kier molecular flexibility index (Phi) is 3.94. The summed E-state index contributed by atoms with van der Waals surface area (Å²) in [7, 11) is 0. The minimum Gasteiger partial charge on any atom is -0.378 e. The molecule has 2 N–H and O–H groups in total. The maximum Gasteiger partial charge on any atom is 0.266 e. The van der Waals surface area contributed by atoms with E-state index < -0.39 is 5.54 Å². The van der Waals surface area contributed by atoms with E-state index in [9.17, 15) is 0 Å². The number of rotatable bonds is 3. The molecular formula is C14H24N4O2. The second-order valence-electron chi connectivity index (χ2n) is 6.01. The summed E-state index contributed by atoms with van der Waals surface area (Å²) in [5.74, 6) is 2.06. The fourth-order valence-corrected chi connectivity index (χ4v) is 3.12. The molecular weight excluding hydrogens is 256 g/mol. The molecule has 0 aromatic carbocycles. The Labute approximate surface area is 119 Å². The molecule has 1 saturated heterocycles. The fraction of sp³-hybridized carbons (Fsp3) is 0.857. The van der Waals surface area contributed by atoms with Crippen LogP contribution in [0.5, 0.6) is 0 Å². The van der Waals surface area contributed by atoms with Crippen molar-refractivity contribution in [2.24, 2.45) is 11.7 Å². The molecule has 1 aromatic heterocycles. The van der Waals surface area contributed by atoms with Crippen LogP contribution in [0.25, 0.3) is 0 Å². The molecule has 0 spiro atoms. The van der Waals surface area contributed by atoms with Crippen molar-refractivity contribution in [2.45, 2.75) is 44.6 Å². The molecule has 0 amide bonds. The van der Waals surface area contributed by atoms with Gasteiger partial charge in [0.25, 0.3) is 5.95 Å². The Hall–Kier alpha value is -1.14. The second-order valence-corrected chi connectivity index (χ2v) is 6.01. The van der Waals surface area contributed by atoms with Crippen molar-refractivity contribution in [3.63, 3.8) is 0 Å². The Morgan fingerprint density at radius 2 is 2.00 bits per heavy atom. The number of morpholine rings is 1. The van der Waals surface area contributed by atoms with Crippen LogP contribution in [-0.4, -0.2) is 36.4 Å². The zero-order valence-electron chi connectivity index (χ0n) is 12.2. The van der Waals surface area contributed by atoms with Crippen LogP contribution < -0.4 is 10.6 Å². The molecule has 2 heterocycles. The molecule has 0 radical (unpaired) electrons. The zero-order valence-corrected chi connectivity index (χ0v) is 12.2. The normalized spacial score (nSPS) is 31.5. The maximum absolute atomic E-state index is 6.50. The zero-order chi connectivity index (χ0) is 14.0. The van der Waals surface area contributed by atoms with Crippen LogP contribution in [0, 0.1) is 5.92 Å². The van der Waals surface area contributed by atoms with Crippen LogP contribution in [0.1, 0.15) is 44.9 Å². The summed E-state index contributed by atoms with van der Waals surface area (Å²) in [4.78, 5) is 6.64. The number of aromatic nitrogens is 2. The maximum atomic E-state index is 6.50. The van der Waals surface area contributed by atoms with Gasteiger partial charge in [-0.3, -0.25) is 0 Å². The fourth-order valence-electron chi connectivity index (χ4n) is 3.12. The second kappa shape index (κ2) is 5.69. The SMILES string of the molecule is CCC1CCC(N)(c2nc(N3CCOCC3)no2)CC1. The Balaban J connectivity index is 1.69. The molecule has 1 saturated carbocycles. The van der Waals surface area contributed by atoms with E-state index in [1.807, 2.05) is 0 Å². The van der Waals surface area contributed by atoms with Gasteiger partial charge >= 0.3 is 0 Å². The van der Waals surface area contributed by atoms with Crippen LogP contribution in [0.15, 0.2) is 4.52 Å². The summed E-state index contributed by atoms with van der Waals surface area (Å²) in [6.07, 6.45) is 5.43. The summed E-state index contributed by atoms with van der Waals surface area (Å²) < 4.78 is 10.8. The van der Waals surface area contributed by atoms with E-state index in [2.05, 4.69) is 22.0 Å². The number of anilines is 1. The lowest BCUT2D eigenvalue weighted by molar-refractivity contribution is 0.121. The molecule has 2 fully saturated rings. The first-order valence-corrected chi connectivity index (χ1v) is 7.67. The average molecular weight is 280 g/mol. The van der Waals surface area contributed by atoms with Gasteiger partial charge in [0.1, 0.15) is 0 Å². The van der Waals surface area contributed by atoms with Gasteiger partial charge in [-0.15, -0.1) is 0 Å². The minimum atomic E-state index is -0.427. The van der Waals surface area contributed by atoms with Gasteiger partial charge in [0.05, 0.1) is 18.8 Å². The van der Waals surface area contributed by atoms with Crippen molar-refractivity contribution in [1.29, 1.82) is 0 Å². The monoisotopic (exact) mass is 280 g/mol. The van der Waals surface area contributed by atoms with Crippen molar-refractivity contribution >= 4 is 5.95 Å². The first-order valence-electron chi connectivity index (χ1n) is 7.67. The van der Waals surface area contributed by atoms with Crippen molar-refractivity contribution in [1.82, 2.24) is 10.1 Å². The van der Waals surface area contributed by atoms with E-state index in [0.29, 0.717) is 11.8 Å². The van der Waals surface area contributed by atoms with Crippen LogP contribution in [0.3, 0.4) is 0 Å². The van der Waals surface area contributed by atoms with Gasteiger partial charge in [-0.2, -0.15) is 4.98 Å². The summed E-state index contributed by atoms with van der Waals surface area (Å²) in [5.41, 5.74) is 6.07. The van der Waals surface area contributed by atoms with E-state index in [-0.39, 0.29) is 0 Å². The van der Waals surface area contributed by atoms with E-state index in [1.54, 1.807) is 0 Å². The summed E-state index contributed by atoms with van der Waals surface area (Å²) >= 11 is 0. The molecule has 0 unspecified atom stereocenters. The molecule has 6 nitrogen and oxygen atoms in total. The molecule has 20 heavy (non-hydrogen) atoms. The van der Waals surface area contributed by atoms with E-state index >= 15 is 0 Å². The van der Waals surface area contributed by atoms with E-state index in [1.165, 1.54) is 6.42 Å². The minimum absolute atomic E-state index is 0.427. The third-order valence-electron chi connectivity index (χ3n) is 4.71.